The quantitative estimate of drug-likeness (QED) is 0.538. The van der Waals surface area contributed by atoms with Gasteiger partial charge in [-0.3, -0.25) is 4.79 Å². The number of rotatable bonds is 5. The number of carbonyl (C=O) groups is 1. The summed E-state index contributed by atoms with van der Waals surface area (Å²) in [5.41, 5.74) is 0. The van der Waals surface area contributed by atoms with Gasteiger partial charge in [0.1, 0.15) is 0 Å². The van der Waals surface area contributed by atoms with Crippen molar-refractivity contribution in [3.8, 4) is 0 Å². The van der Waals surface area contributed by atoms with Crippen molar-refractivity contribution in [3.63, 3.8) is 0 Å². The zero-order valence-electron chi connectivity index (χ0n) is 8.79. The zero-order chi connectivity index (χ0) is 10.2. The van der Waals surface area contributed by atoms with Gasteiger partial charge in [0.05, 0.1) is 13.0 Å². The highest BCUT2D eigenvalue weighted by Gasteiger charge is 2.09. The summed E-state index contributed by atoms with van der Waals surface area (Å²) in [6.45, 7) is 3.04. The average Bonchev–Trinajstić information content (AvgIpc) is 2.20. The Morgan fingerprint density at radius 1 is 1.57 bits per heavy atom. The van der Waals surface area contributed by atoms with Crippen LogP contribution >= 0.6 is 0 Å². The van der Waals surface area contributed by atoms with Crippen molar-refractivity contribution in [1.82, 2.24) is 5.32 Å². The topological polar surface area (TPSA) is 38.3 Å². The van der Waals surface area contributed by atoms with E-state index in [1.165, 1.54) is 6.42 Å². The van der Waals surface area contributed by atoms with Crippen molar-refractivity contribution in [2.75, 3.05) is 13.2 Å². The Bertz CT molecular complexity index is 201. The molecule has 3 nitrogen and oxygen atoms in total. The van der Waals surface area contributed by atoms with Gasteiger partial charge in [-0.25, -0.2) is 0 Å². The molecule has 0 saturated heterocycles. The number of ether oxygens (including phenoxy) is 1. The Labute approximate surface area is 85.5 Å². The summed E-state index contributed by atoms with van der Waals surface area (Å²) in [5, 5.41) is 3.36. The van der Waals surface area contributed by atoms with Crippen LogP contribution < -0.4 is 5.32 Å². The highest BCUT2D eigenvalue weighted by atomic mass is 16.5. The molecule has 3 heteroatoms. The lowest BCUT2D eigenvalue weighted by molar-refractivity contribution is -0.143. The lowest BCUT2D eigenvalue weighted by atomic mass is 10.0. The molecule has 14 heavy (non-hydrogen) atoms. The standard InChI is InChI=1S/C11H19NO2/c1-2-14-11(13)8-9-12-10-6-4-3-5-7-10/h3-4,10,12H,2,5-9H2,1H3. The van der Waals surface area contributed by atoms with E-state index in [2.05, 4.69) is 17.5 Å². The molecular formula is C11H19NO2. The van der Waals surface area contributed by atoms with Gasteiger partial charge in [0, 0.05) is 12.6 Å². The summed E-state index contributed by atoms with van der Waals surface area (Å²) in [7, 11) is 0. The minimum absolute atomic E-state index is 0.105. The fourth-order valence-corrected chi connectivity index (χ4v) is 1.59. The van der Waals surface area contributed by atoms with Gasteiger partial charge >= 0.3 is 5.97 Å². The first-order chi connectivity index (χ1) is 6.83. The Balaban J connectivity index is 2.03. The number of allylic oxidation sites excluding steroid dienone is 1. The highest BCUT2D eigenvalue weighted by Crippen LogP contribution is 2.10. The largest absolute Gasteiger partial charge is 0.466 e. The van der Waals surface area contributed by atoms with Crippen molar-refractivity contribution in [2.24, 2.45) is 0 Å². The Morgan fingerprint density at radius 2 is 2.43 bits per heavy atom. The molecular weight excluding hydrogens is 178 g/mol. The molecule has 1 aliphatic carbocycles. The van der Waals surface area contributed by atoms with Crippen molar-refractivity contribution >= 4 is 5.97 Å². The van der Waals surface area contributed by atoms with E-state index in [9.17, 15) is 4.79 Å². The van der Waals surface area contributed by atoms with Crippen LogP contribution in [0.5, 0.6) is 0 Å². The van der Waals surface area contributed by atoms with E-state index in [-0.39, 0.29) is 5.97 Å². The van der Waals surface area contributed by atoms with Crippen LogP contribution in [-0.4, -0.2) is 25.2 Å². The van der Waals surface area contributed by atoms with E-state index in [0.29, 0.717) is 19.1 Å². The van der Waals surface area contributed by atoms with Crippen molar-refractivity contribution < 1.29 is 9.53 Å². The van der Waals surface area contributed by atoms with E-state index in [1.807, 2.05) is 6.92 Å². The second-order valence-electron chi connectivity index (χ2n) is 3.49. The molecule has 1 N–H and O–H groups in total. The summed E-state index contributed by atoms with van der Waals surface area (Å²) in [4.78, 5) is 11.0. The summed E-state index contributed by atoms with van der Waals surface area (Å²) < 4.78 is 4.84. The molecule has 0 bridgehead atoms. The molecule has 0 spiro atoms. The maximum absolute atomic E-state index is 11.0. The van der Waals surface area contributed by atoms with E-state index in [1.54, 1.807) is 0 Å². The fourth-order valence-electron chi connectivity index (χ4n) is 1.59. The molecule has 0 aromatic carbocycles. The van der Waals surface area contributed by atoms with Gasteiger partial charge in [-0.15, -0.1) is 0 Å². The van der Waals surface area contributed by atoms with E-state index >= 15 is 0 Å². The van der Waals surface area contributed by atoms with E-state index in [0.717, 1.165) is 19.4 Å². The summed E-state index contributed by atoms with van der Waals surface area (Å²) in [5.74, 6) is -0.105. The van der Waals surface area contributed by atoms with Gasteiger partial charge in [-0.05, 0) is 26.2 Å². The SMILES string of the molecule is CCOC(=O)CCNC1CC=CCC1. The van der Waals surface area contributed by atoms with Crippen LogP contribution in [0, 0.1) is 0 Å². The maximum atomic E-state index is 11.0. The van der Waals surface area contributed by atoms with Crippen LogP contribution in [0.2, 0.25) is 0 Å². The molecule has 0 aliphatic heterocycles. The molecule has 1 unspecified atom stereocenters. The predicted octanol–water partition coefficient (Wildman–Crippen LogP) is 1.64. The zero-order valence-corrected chi connectivity index (χ0v) is 8.79. The van der Waals surface area contributed by atoms with Crippen LogP contribution in [0.25, 0.3) is 0 Å². The number of esters is 1. The molecule has 0 aromatic rings. The van der Waals surface area contributed by atoms with Crippen LogP contribution in [0.3, 0.4) is 0 Å². The van der Waals surface area contributed by atoms with Crippen molar-refractivity contribution in [3.05, 3.63) is 12.2 Å². The van der Waals surface area contributed by atoms with Gasteiger partial charge in [0.2, 0.25) is 0 Å². The minimum Gasteiger partial charge on any atom is -0.466 e. The van der Waals surface area contributed by atoms with Gasteiger partial charge in [-0.1, -0.05) is 12.2 Å². The van der Waals surface area contributed by atoms with E-state index in [4.69, 9.17) is 4.74 Å². The van der Waals surface area contributed by atoms with Crippen LogP contribution in [0.15, 0.2) is 12.2 Å². The highest BCUT2D eigenvalue weighted by molar-refractivity contribution is 5.69. The Hall–Kier alpha value is -0.830. The molecule has 0 amide bonds. The van der Waals surface area contributed by atoms with Crippen LogP contribution in [0.4, 0.5) is 0 Å². The minimum atomic E-state index is -0.105. The molecule has 0 saturated carbocycles. The first kappa shape index (κ1) is 11.2. The van der Waals surface area contributed by atoms with Gasteiger partial charge in [0.25, 0.3) is 0 Å². The smallest absolute Gasteiger partial charge is 0.307 e. The number of hydrogen-bond acceptors (Lipinski definition) is 3. The molecule has 1 rings (SSSR count). The third-order valence-corrected chi connectivity index (χ3v) is 2.34. The van der Waals surface area contributed by atoms with Gasteiger partial charge in [0.15, 0.2) is 0 Å². The van der Waals surface area contributed by atoms with Gasteiger partial charge in [-0.2, -0.15) is 0 Å². The number of nitrogens with one attached hydrogen (secondary N) is 1. The number of carbonyl (C=O) groups excluding carboxylic acids is 1. The lowest BCUT2D eigenvalue weighted by Gasteiger charge is -2.18. The van der Waals surface area contributed by atoms with E-state index < -0.39 is 0 Å². The van der Waals surface area contributed by atoms with Crippen LogP contribution in [-0.2, 0) is 9.53 Å². The summed E-state index contributed by atoms with van der Waals surface area (Å²) in [6, 6.07) is 0.550. The molecule has 0 aromatic heterocycles. The van der Waals surface area contributed by atoms with Gasteiger partial charge < -0.3 is 10.1 Å². The second-order valence-corrected chi connectivity index (χ2v) is 3.49. The monoisotopic (exact) mass is 197 g/mol. The first-order valence-electron chi connectivity index (χ1n) is 5.37. The third-order valence-electron chi connectivity index (χ3n) is 2.34. The average molecular weight is 197 g/mol. The normalized spacial score (nSPS) is 20.8. The summed E-state index contributed by atoms with van der Waals surface area (Å²) in [6.07, 6.45) is 8.31. The molecule has 80 valence electrons. The molecule has 1 atom stereocenters. The van der Waals surface area contributed by atoms with Crippen molar-refractivity contribution in [1.29, 1.82) is 0 Å². The van der Waals surface area contributed by atoms with Crippen molar-refractivity contribution in [2.45, 2.75) is 38.6 Å². The van der Waals surface area contributed by atoms with Crippen LogP contribution in [0.1, 0.15) is 32.6 Å². The molecule has 0 heterocycles. The number of hydrogen-bond donors (Lipinski definition) is 1. The summed E-state index contributed by atoms with van der Waals surface area (Å²) >= 11 is 0. The lowest BCUT2D eigenvalue weighted by Crippen LogP contribution is -2.31. The fraction of sp³-hybridized carbons (Fsp3) is 0.727. The predicted molar refractivity (Wildman–Crippen MR) is 56.0 cm³/mol. The maximum Gasteiger partial charge on any atom is 0.307 e. The third kappa shape index (κ3) is 4.42. The Kier molecular flexibility index (Phi) is 5.30. The molecule has 1 aliphatic rings. The second kappa shape index (κ2) is 6.60. The molecule has 0 fully saturated rings. The Morgan fingerprint density at radius 3 is 3.07 bits per heavy atom. The first-order valence-corrected chi connectivity index (χ1v) is 5.37. The molecule has 0 radical (unpaired) electrons.